The molecular weight excluding hydrogens is 530 g/mol. The van der Waals surface area contributed by atoms with Gasteiger partial charge in [0.15, 0.2) is 5.78 Å². The second-order valence-electron chi connectivity index (χ2n) is 11.2. The van der Waals surface area contributed by atoms with Crippen LogP contribution < -0.4 is 4.74 Å². The fourth-order valence-corrected chi connectivity index (χ4v) is 6.15. The number of hydrogen-bond acceptors (Lipinski definition) is 6. The topological polar surface area (TPSA) is 99.3 Å². The molecule has 0 atom stereocenters. The van der Waals surface area contributed by atoms with Crippen LogP contribution in [0.5, 0.6) is 5.75 Å². The molecule has 7 rings (SSSR count). The molecule has 9 nitrogen and oxygen atoms in total. The molecule has 4 heterocycles. The van der Waals surface area contributed by atoms with Crippen molar-refractivity contribution in [2.24, 2.45) is 7.05 Å². The lowest BCUT2D eigenvalue weighted by Gasteiger charge is -2.44. The predicted molar refractivity (Wildman–Crippen MR) is 157 cm³/mol. The van der Waals surface area contributed by atoms with E-state index in [0.717, 1.165) is 39.7 Å². The lowest BCUT2D eigenvalue weighted by atomic mass is 9.82. The number of amides is 1. The number of hydrogen-bond donors (Lipinski definition) is 0. The highest BCUT2D eigenvalue weighted by Gasteiger charge is 2.44. The zero-order chi connectivity index (χ0) is 29.0. The number of carbonyl (C=O) groups is 3. The van der Waals surface area contributed by atoms with E-state index in [0.29, 0.717) is 54.8 Å². The first kappa shape index (κ1) is 25.9. The van der Waals surface area contributed by atoms with Crippen molar-refractivity contribution in [2.45, 2.75) is 31.8 Å². The zero-order valence-electron chi connectivity index (χ0n) is 23.4. The van der Waals surface area contributed by atoms with E-state index in [4.69, 9.17) is 4.74 Å². The van der Waals surface area contributed by atoms with Crippen LogP contribution in [-0.2, 0) is 7.05 Å². The Kier molecular flexibility index (Phi) is 6.04. The molecular formula is C33H29N5O4. The number of carbonyl (C=O) groups excluding carboxylic acids is 3. The summed E-state index contributed by atoms with van der Waals surface area (Å²) in [6, 6.07) is 18.6. The van der Waals surface area contributed by atoms with Gasteiger partial charge >= 0.3 is 0 Å². The number of aldehydes is 1. The Hall–Kier alpha value is -5.05. The molecule has 1 saturated heterocycles. The van der Waals surface area contributed by atoms with Gasteiger partial charge in [-0.2, -0.15) is 10.2 Å². The van der Waals surface area contributed by atoms with Crippen molar-refractivity contribution in [2.75, 3.05) is 13.1 Å². The maximum absolute atomic E-state index is 13.6. The van der Waals surface area contributed by atoms with E-state index in [-0.39, 0.29) is 11.7 Å². The highest BCUT2D eigenvalue weighted by Crippen LogP contribution is 2.41. The van der Waals surface area contributed by atoms with E-state index in [9.17, 15) is 14.4 Å². The van der Waals surface area contributed by atoms with Gasteiger partial charge in [0.25, 0.3) is 5.91 Å². The van der Waals surface area contributed by atoms with Crippen molar-refractivity contribution < 1.29 is 19.1 Å². The third-order valence-corrected chi connectivity index (χ3v) is 8.45. The lowest BCUT2D eigenvalue weighted by Crippen LogP contribution is -2.52. The van der Waals surface area contributed by atoms with Crippen LogP contribution >= 0.6 is 0 Å². The molecule has 1 amide bonds. The smallest absolute Gasteiger partial charge is 0.253 e. The fourth-order valence-electron chi connectivity index (χ4n) is 6.15. The van der Waals surface area contributed by atoms with E-state index in [1.165, 1.54) is 0 Å². The molecule has 3 aromatic carbocycles. The van der Waals surface area contributed by atoms with Gasteiger partial charge in [-0.3, -0.25) is 19.1 Å². The zero-order valence-corrected chi connectivity index (χ0v) is 23.4. The van der Waals surface area contributed by atoms with Crippen LogP contribution in [0.4, 0.5) is 0 Å². The van der Waals surface area contributed by atoms with Gasteiger partial charge in [-0.05, 0) is 48.9 Å². The summed E-state index contributed by atoms with van der Waals surface area (Å²) in [6.07, 6.45) is 5.95. The molecule has 42 heavy (non-hydrogen) atoms. The first-order valence-electron chi connectivity index (χ1n) is 14.0. The number of nitrogens with zero attached hydrogens (tertiary/aromatic N) is 5. The highest BCUT2D eigenvalue weighted by molar-refractivity contribution is 6.02. The van der Waals surface area contributed by atoms with Gasteiger partial charge in [0.2, 0.25) is 0 Å². The average molecular weight is 560 g/mol. The van der Waals surface area contributed by atoms with Crippen LogP contribution in [0, 0.1) is 6.92 Å². The van der Waals surface area contributed by atoms with Gasteiger partial charge < -0.3 is 9.64 Å². The number of rotatable bonds is 4. The monoisotopic (exact) mass is 559 g/mol. The number of Topliss-reactive ketones (excluding diaryl/α,β-unsaturated/α-hetero) is 1. The second kappa shape index (κ2) is 9.80. The molecule has 0 unspecified atom stereocenters. The van der Waals surface area contributed by atoms with E-state index in [1.807, 2.05) is 73.6 Å². The maximum Gasteiger partial charge on any atom is 0.253 e. The summed E-state index contributed by atoms with van der Waals surface area (Å²) < 4.78 is 10.00. The number of aromatic nitrogens is 4. The highest BCUT2D eigenvalue weighted by atomic mass is 16.5. The number of benzene rings is 3. The van der Waals surface area contributed by atoms with Crippen molar-refractivity contribution in [3.05, 3.63) is 95.4 Å². The maximum atomic E-state index is 13.6. The molecule has 9 heteroatoms. The Morgan fingerprint density at radius 3 is 2.62 bits per heavy atom. The minimum absolute atomic E-state index is 0.0644. The summed E-state index contributed by atoms with van der Waals surface area (Å²) in [6.45, 7) is 2.91. The molecule has 0 saturated carbocycles. The molecule has 0 bridgehead atoms. The van der Waals surface area contributed by atoms with Crippen LogP contribution in [-0.4, -0.2) is 61.1 Å². The number of aryl methyl sites for hydroxylation is 2. The van der Waals surface area contributed by atoms with Crippen LogP contribution in [0.3, 0.4) is 0 Å². The molecule has 2 aliphatic rings. The molecule has 0 aliphatic carbocycles. The SMILES string of the molecule is Cc1nn(-c2cccc(C=O)c2)c2cc(C(=O)N3CCC4(CC3)CC(=O)c3cc(-c5cnn(C)c5)ccc3O4)ccc12. The van der Waals surface area contributed by atoms with E-state index >= 15 is 0 Å². The third-order valence-electron chi connectivity index (χ3n) is 8.45. The van der Waals surface area contributed by atoms with Crippen molar-refractivity contribution >= 4 is 28.9 Å². The van der Waals surface area contributed by atoms with Gasteiger partial charge in [0.1, 0.15) is 17.6 Å². The van der Waals surface area contributed by atoms with Gasteiger partial charge in [-0.15, -0.1) is 0 Å². The van der Waals surface area contributed by atoms with Crippen molar-refractivity contribution in [3.63, 3.8) is 0 Å². The Morgan fingerprint density at radius 2 is 1.86 bits per heavy atom. The summed E-state index contributed by atoms with van der Waals surface area (Å²) in [5, 5.41) is 9.85. The second-order valence-corrected chi connectivity index (χ2v) is 11.2. The van der Waals surface area contributed by atoms with Gasteiger partial charge in [-0.25, -0.2) is 4.68 Å². The van der Waals surface area contributed by atoms with Crippen LogP contribution in [0.1, 0.15) is 56.0 Å². The Bertz CT molecular complexity index is 1890. The van der Waals surface area contributed by atoms with E-state index in [1.54, 1.807) is 27.7 Å². The van der Waals surface area contributed by atoms with Crippen LogP contribution in [0.15, 0.2) is 73.1 Å². The van der Waals surface area contributed by atoms with Crippen molar-refractivity contribution in [3.8, 4) is 22.6 Å². The molecule has 0 N–H and O–H groups in total. The van der Waals surface area contributed by atoms with Gasteiger partial charge in [0, 0.05) is 61.3 Å². The lowest BCUT2D eigenvalue weighted by molar-refractivity contribution is -0.00570. The first-order valence-corrected chi connectivity index (χ1v) is 14.0. The van der Waals surface area contributed by atoms with Crippen molar-refractivity contribution in [1.82, 2.24) is 24.5 Å². The van der Waals surface area contributed by atoms with Gasteiger partial charge in [-0.1, -0.05) is 24.3 Å². The average Bonchev–Trinajstić information content (AvgIpc) is 3.59. The Morgan fingerprint density at radius 1 is 1.02 bits per heavy atom. The number of fused-ring (bicyclic) bond motifs is 2. The molecule has 1 fully saturated rings. The van der Waals surface area contributed by atoms with E-state index < -0.39 is 5.60 Å². The number of piperidine rings is 1. The normalized spacial score (nSPS) is 16.0. The number of likely N-dealkylation sites (tertiary alicyclic amines) is 1. The minimum Gasteiger partial charge on any atom is -0.486 e. The van der Waals surface area contributed by atoms with Crippen LogP contribution in [0.25, 0.3) is 27.7 Å². The molecule has 2 aromatic heterocycles. The summed E-state index contributed by atoms with van der Waals surface area (Å²) in [5.74, 6) is 0.600. The first-order chi connectivity index (χ1) is 20.3. The standard InChI is InChI=1S/C33H29N5O4/c1-21-27-8-6-24(16-29(27)38(35-21)26-5-3-4-22(14-26)20-39)32(41)37-12-10-33(11-13-37)17-30(40)28-15-23(7-9-31(28)42-33)25-18-34-36(2)19-25/h3-9,14-16,18-20H,10-13,17H2,1-2H3. The summed E-state index contributed by atoms with van der Waals surface area (Å²) in [7, 11) is 1.86. The number of ketones is 1. The van der Waals surface area contributed by atoms with Gasteiger partial charge in [0.05, 0.1) is 35.1 Å². The quantitative estimate of drug-likeness (QED) is 0.281. The molecule has 1 spiro atoms. The summed E-state index contributed by atoms with van der Waals surface area (Å²) in [5.41, 5.74) is 5.40. The summed E-state index contributed by atoms with van der Waals surface area (Å²) in [4.78, 5) is 40.1. The fraction of sp³-hybridized carbons (Fsp3) is 0.242. The van der Waals surface area contributed by atoms with Crippen molar-refractivity contribution in [1.29, 1.82) is 0 Å². The Balaban J connectivity index is 1.10. The third kappa shape index (κ3) is 4.38. The summed E-state index contributed by atoms with van der Waals surface area (Å²) >= 11 is 0. The molecule has 210 valence electrons. The van der Waals surface area contributed by atoms with Crippen LogP contribution in [0.2, 0.25) is 0 Å². The van der Waals surface area contributed by atoms with E-state index in [2.05, 4.69) is 10.2 Å². The minimum atomic E-state index is -0.611. The Labute approximate surface area is 242 Å². The largest absolute Gasteiger partial charge is 0.486 e. The molecule has 0 radical (unpaired) electrons. The molecule has 5 aromatic rings. The number of ether oxygens (including phenoxy) is 1. The molecule has 2 aliphatic heterocycles. The predicted octanol–water partition coefficient (Wildman–Crippen LogP) is 5.19.